The molecular formula is C25H19N7. The summed E-state index contributed by atoms with van der Waals surface area (Å²) in [6.45, 7) is 0. The van der Waals surface area contributed by atoms with E-state index in [9.17, 15) is 0 Å². The van der Waals surface area contributed by atoms with Crippen LogP contribution in [0.25, 0.3) is 44.7 Å². The molecule has 0 atom stereocenters. The fourth-order valence-corrected chi connectivity index (χ4v) is 4.38. The third-order valence-corrected chi connectivity index (χ3v) is 5.71. The van der Waals surface area contributed by atoms with Crippen molar-refractivity contribution in [2.75, 3.05) is 11.5 Å². The van der Waals surface area contributed by atoms with E-state index in [1.54, 1.807) is 18.6 Å². The summed E-state index contributed by atoms with van der Waals surface area (Å²) in [4.78, 5) is 13.2. The predicted molar refractivity (Wildman–Crippen MR) is 128 cm³/mol. The Morgan fingerprint density at radius 1 is 0.594 bits per heavy atom. The molecule has 0 unspecified atom stereocenters. The standard InChI is InChI=1S/C25H19N7/c26-21-18-8-1-2-9-19(18)31(16-6-3-11-28-14-16)24(21)25-22(27)23-20(10-5-13-30-23)32(25)17-7-4-12-29-15-17/h1-15H,26-27H2. The lowest BCUT2D eigenvalue weighted by Gasteiger charge is -2.15. The summed E-state index contributed by atoms with van der Waals surface area (Å²) in [5, 5.41) is 0.946. The summed E-state index contributed by atoms with van der Waals surface area (Å²) in [5.74, 6) is 0. The van der Waals surface area contributed by atoms with Crippen LogP contribution in [0.5, 0.6) is 0 Å². The number of hydrogen-bond acceptors (Lipinski definition) is 5. The Balaban J connectivity index is 1.82. The Kier molecular flexibility index (Phi) is 3.94. The van der Waals surface area contributed by atoms with E-state index in [1.165, 1.54) is 0 Å². The second-order valence-corrected chi connectivity index (χ2v) is 7.51. The number of hydrogen-bond donors (Lipinski definition) is 2. The molecule has 0 amide bonds. The van der Waals surface area contributed by atoms with E-state index in [-0.39, 0.29) is 0 Å². The Hall–Kier alpha value is -4.65. The molecule has 0 aliphatic rings. The molecule has 0 radical (unpaired) electrons. The molecule has 5 aromatic heterocycles. The van der Waals surface area contributed by atoms with Crippen molar-refractivity contribution in [3.8, 4) is 22.8 Å². The van der Waals surface area contributed by atoms with Gasteiger partial charge in [-0.25, -0.2) is 0 Å². The molecule has 6 rings (SSSR count). The Bertz CT molecular complexity index is 1460. The second-order valence-electron chi connectivity index (χ2n) is 7.51. The Morgan fingerprint density at radius 2 is 1.19 bits per heavy atom. The van der Waals surface area contributed by atoms with Crippen molar-refractivity contribution >= 4 is 33.3 Å². The van der Waals surface area contributed by atoms with Crippen molar-refractivity contribution in [1.82, 2.24) is 24.1 Å². The molecule has 7 heteroatoms. The van der Waals surface area contributed by atoms with Gasteiger partial charge in [-0.3, -0.25) is 15.0 Å². The third-order valence-electron chi connectivity index (χ3n) is 5.71. The zero-order chi connectivity index (χ0) is 21.7. The molecule has 0 bridgehead atoms. The number of nitrogens with two attached hydrogens (primary N) is 2. The smallest absolute Gasteiger partial charge is 0.112 e. The number of rotatable bonds is 3. The van der Waals surface area contributed by atoms with Gasteiger partial charge < -0.3 is 20.6 Å². The van der Waals surface area contributed by atoms with E-state index in [1.807, 2.05) is 73.1 Å². The maximum Gasteiger partial charge on any atom is 0.112 e. The van der Waals surface area contributed by atoms with Crippen LogP contribution in [0.3, 0.4) is 0 Å². The van der Waals surface area contributed by atoms with Crippen LogP contribution in [-0.4, -0.2) is 24.1 Å². The summed E-state index contributed by atoms with van der Waals surface area (Å²) in [5.41, 5.74) is 20.7. The quantitative estimate of drug-likeness (QED) is 0.439. The highest BCUT2D eigenvalue weighted by atomic mass is 15.1. The summed E-state index contributed by atoms with van der Waals surface area (Å²) >= 11 is 0. The molecule has 1 aromatic carbocycles. The zero-order valence-electron chi connectivity index (χ0n) is 17.1. The molecular weight excluding hydrogens is 398 g/mol. The van der Waals surface area contributed by atoms with Crippen LogP contribution in [0.2, 0.25) is 0 Å². The van der Waals surface area contributed by atoms with Crippen LogP contribution < -0.4 is 11.5 Å². The van der Waals surface area contributed by atoms with Gasteiger partial charge in [0.1, 0.15) is 5.52 Å². The average molecular weight is 417 g/mol. The molecule has 0 aliphatic carbocycles. The van der Waals surface area contributed by atoms with Gasteiger partial charge in [0, 0.05) is 24.0 Å². The highest BCUT2D eigenvalue weighted by Gasteiger charge is 2.26. The maximum absolute atomic E-state index is 6.80. The van der Waals surface area contributed by atoms with E-state index in [0.717, 1.165) is 39.2 Å². The van der Waals surface area contributed by atoms with Crippen molar-refractivity contribution < 1.29 is 0 Å². The number of anilines is 2. The van der Waals surface area contributed by atoms with Gasteiger partial charge in [0.15, 0.2) is 0 Å². The summed E-state index contributed by atoms with van der Waals surface area (Å²) < 4.78 is 4.18. The summed E-state index contributed by atoms with van der Waals surface area (Å²) in [7, 11) is 0. The van der Waals surface area contributed by atoms with Gasteiger partial charge in [-0.2, -0.15) is 0 Å². The topological polar surface area (TPSA) is 101 Å². The number of nitrogens with zero attached hydrogens (tertiary/aromatic N) is 5. The maximum atomic E-state index is 6.80. The fraction of sp³-hybridized carbons (Fsp3) is 0. The fourth-order valence-electron chi connectivity index (χ4n) is 4.38. The van der Waals surface area contributed by atoms with E-state index in [2.05, 4.69) is 24.1 Å². The molecule has 7 nitrogen and oxygen atoms in total. The number of para-hydroxylation sites is 1. The molecule has 32 heavy (non-hydrogen) atoms. The first-order chi connectivity index (χ1) is 15.8. The lowest BCUT2D eigenvalue weighted by Crippen LogP contribution is -2.05. The molecule has 5 heterocycles. The third kappa shape index (κ3) is 2.51. The molecule has 154 valence electrons. The van der Waals surface area contributed by atoms with E-state index in [0.29, 0.717) is 16.9 Å². The predicted octanol–water partition coefficient (Wildman–Crippen LogP) is 4.59. The summed E-state index contributed by atoms with van der Waals surface area (Å²) in [6, 6.07) is 19.8. The molecule has 0 spiro atoms. The van der Waals surface area contributed by atoms with Crippen molar-refractivity contribution in [3.05, 3.63) is 91.6 Å². The summed E-state index contributed by atoms with van der Waals surface area (Å²) in [6.07, 6.45) is 8.88. The highest BCUT2D eigenvalue weighted by Crippen LogP contribution is 2.44. The first-order valence-corrected chi connectivity index (χ1v) is 10.2. The van der Waals surface area contributed by atoms with Gasteiger partial charge in [0.05, 0.1) is 57.6 Å². The molecule has 0 aliphatic heterocycles. The van der Waals surface area contributed by atoms with E-state index < -0.39 is 0 Å². The van der Waals surface area contributed by atoms with Gasteiger partial charge in [-0.1, -0.05) is 18.2 Å². The van der Waals surface area contributed by atoms with Crippen LogP contribution >= 0.6 is 0 Å². The normalized spacial score (nSPS) is 11.4. The highest BCUT2D eigenvalue weighted by molar-refractivity contribution is 6.08. The van der Waals surface area contributed by atoms with Crippen LogP contribution in [0.15, 0.2) is 91.6 Å². The minimum Gasteiger partial charge on any atom is -0.396 e. The first kappa shape index (κ1) is 18.1. The van der Waals surface area contributed by atoms with Crippen LogP contribution in [-0.2, 0) is 0 Å². The number of aromatic nitrogens is 5. The molecule has 0 saturated heterocycles. The first-order valence-electron chi connectivity index (χ1n) is 10.2. The van der Waals surface area contributed by atoms with Gasteiger partial charge >= 0.3 is 0 Å². The number of fused-ring (bicyclic) bond motifs is 2. The van der Waals surface area contributed by atoms with Gasteiger partial charge in [-0.05, 0) is 42.5 Å². The second kappa shape index (κ2) is 6.95. The van der Waals surface area contributed by atoms with Crippen molar-refractivity contribution in [3.63, 3.8) is 0 Å². The van der Waals surface area contributed by atoms with Crippen molar-refractivity contribution in [2.45, 2.75) is 0 Å². The van der Waals surface area contributed by atoms with Crippen LogP contribution in [0.4, 0.5) is 11.4 Å². The molecule has 4 N–H and O–H groups in total. The molecule has 0 fully saturated rings. The van der Waals surface area contributed by atoms with E-state index >= 15 is 0 Å². The van der Waals surface area contributed by atoms with Crippen LogP contribution in [0, 0.1) is 0 Å². The van der Waals surface area contributed by atoms with Gasteiger partial charge in [0.2, 0.25) is 0 Å². The monoisotopic (exact) mass is 417 g/mol. The lowest BCUT2D eigenvalue weighted by atomic mass is 10.2. The average Bonchev–Trinajstić information content (AvgIpc) is 3.31. The number of nitrogen functional groups attached to an aromatic ring is 2. The van der Waals surface area contributed by atoms with Gasteiger partial charge in [-0.15, -0.1) is 0 Å². The number of pyridine rings is 3. The van der Waals surface area contributed by atoms with Crippen molar-refractivity contribution in [2.24, 2.45) is 0 Å². The van der Waals surface area contributed by atoms with E-state index in [4.69, 9.17) is 11.5 Å². The lowest BCUT2D eigenvalue weighted by molar-refractivity contribution is 1.05. The minimum absolute atomic E-state index is 0.559. The van der Waals surface area contributed by atoms with Gasteiger partial charge in [0.25, 0.3) is 0 Å². The molecule has 6 aromatic rings. The Morgan fingerprint density at radius 3 is 1.88 bits per heavy atom. The SMILES string of the molecule is Nc1c(-c2c(N)c3ncccc3n2-c2cccnc2)n(-c2cccnc2)c2ccccc12. The minimum atomic E-state index is 0.559. The Labute approximate surface area is 183 Å². The van der Waals surface area contributed by atoms with Crippen molar-refractivity contribution in [1.29, 1.82) is 0 Å². The molecule has 0 saturated carbocycles. The number of benzene rings is 1. The van der Waals surface area contributed by atoms with Crippen LogP contribution in [0.1, 0.15) is 0 Å². The largest absolute Gasteiger partial charge is 0.396 e. The zero-order valence-corrected chi connectivity index (χ0v) is 17.1.